The van der Waals surface area contributed by atoms with E-state index < -0.39 is 20.0 Å². The molecule has 0 aliphatic carbocycles. The van der Waals surface area contributed by atoms with Crippen molar-refractivity contribution in [3.05, 3.63) is 71.8 Å². The van der Waals surface area contributed by atoms with Crippen molar-refractivity contribution in [3.63, 3.8) is 0 Å². The molecule has 3 rings (SSSR count). The Morgan fingerprint density at radius 1 is 0.889 bits per heavy atom. The summed E-state index contributed by atoms with van der Waals surface area (Å²) in [6.45, 7) is 17.7. The molecule has 0 unspecified atom stereocenters. The van der Waals surface area contributed by atoms with Crippen LogP contribution in [-0.4, -0.2) is 44.9 Å². The standard InChI is InChI=1S/C30H45NO4Si/c1-29(2,3)35-28(32)31-25(20-23-17-13-10-14-18-23)27-26(34-27)24(19-22-15-11-9-12-16-22)21-33-36(7,8)30(4,5)6/h9-18,24-27H,19-21H2,1-8H3,(H,31,32)/t24-,25-,26-,27+/m0/s1. The second-order valence-electron chi connectivity index (χ2n) is 12.5. The molecular formula is C30H45NO4Si. The Morgan fingerprint density at radius 2 is 1.42 bits per heavy atom. The van der Waals surface area contributed by atoms with Crippen molar-refractivity contribution < 1.29 is 18.7 Å². The SMILES string of the molecule is CC(C)(C)OC(=O)N[C@@H](Cc1ccccc1)[C@H]1O[C@H]1[C@H](CO[Si](C)(C)C(C)(C)C)Cc1ccccc1. The first kappa shape index (κ1) is 28.4. The number of alkyl carbamates (subject to hydrolysis) is 1. The van der Waals surface area contributed by atoms with Gasteiger partial charge in [-0.05, 0) is 62.9 Å². The van der Waals surface area contributed by atoms with Gasteiger partial charge in [-0.1, -0.05) is 81.4 Å². The van der Waals surface area contributed by atoms with Crippen LogP contribution in [0.4, 0.5) is 4.79 Å². The van der Waals surface area contributed by atoms with E-state index in [1.54, 1.807) is 0 Å². The van der Waals surface area contributed by atoms with Crippen LogP contribution < -0.4 is 5.32 Å². The van der Waals surface area contributed by atoms with E-state index in [-0.39, 0.29) is 29.2 Å². The maximum Gasteiger partial charge on any atom is 0.407 e. The van der Waals surface area contributed by atoms with Gasteiger partial charge in [0.2, 0.25) is 0 Å². The number of benzene rings is 2. The van der Waals surface area contributed by atoms with Gasteiger partial charge in [0, 0.05) is 12.5 Å². The molecule has 4 atom stereocenters. The Kier molecular flexibility index (Phi) is 9.07. The molecule has 0 radical (unpaired) electrons. The summed E-state index contributed by atoms with van der Waals surface area (Å²) >= 11 is 0. The molecule has 1 amide bonds. The smallest absolute Gasteiger partial charge is 0.407 e. The topological polar surface area (TPSA) is 60.1 Å². The van der Waals surface area contributed by atoms with E-state index in [0.29, 0.717) is 13.0 Å². The summed E-state index contributed by atoms with van der Waals surface area (Å²) in [5, 5.41) is 3.25. The van der Waals surface area contributed by atoms with Crippen LogP contribution in [0.15, 0.2) is 60.7 Å². The van der Waals surface area contributed by atoms with E-state index in [4.69, 9.17) is 13.9 Å². The van der Waals surface area contributed by atoms with E-state index in [2.05, 4.69) is 75.6 Å². The van der Waals surface area contributed by atoms with Crippen LogP contribution in [0.1, 0.15) is 52.7 Å². The maximum absolute atomic E-state index is 12.7. The number of epoxide rings is 1. The van der Waals surface area contributed by atoms with Gasteiger partial charge in [-0.15, -0.1) is 0 Å². The normalized spacial score (nSPS) is 19.9. The second kappa shape index (κ2) is 11.5. The summed E-state index contributed by atoms with van der Waals surface area (Å²) in [5.74, 6) is 0.199. The summed E-state index contributed by atoms with van der Waals surface area (Å²) < 4.78 is 18.6. The Labute approximate surface area is 219 Å². The van der Waals surface area contributed by atoms with Crippen LogP contribution in [0.3, 0.4) is 0 Å². The van der Waals surface area contributed by atoms with E-state index in [1.165, 1.54) is 5.56 Å². The number of hydrogen-bond acceptors (Lipinski definition) is 4. The predicted molar refractivity (Wildman–Crippen MR) is 149 cm³/mol. The summed E-state index contributed by atoms with van der Waals surface area (Å²) in [7, 11) is -1.91. The highest BCUT2D eigenvalue weighted by Gasteiger charge is 2.50. The van der Waals surface area contributed by atoms with Crippen molar-refractivity contribution in [3.8, 4) is 0 Å². The molecule has 5 nitrogen and oxygen atoms in total. The summed E-state index contributed by atoms with van der Waals surface area (Å²) in [5.41, 5.74) is 1.87. The van der Waals surface area contributed by atoms with Crippen LogP contribution in [0.2, 0.25) is 18.1 Å². The average molecular weight is 512 g/mol. The Morgan fingerprint density at radius 3 is 1.92 bits per heavy atom. The molecule has 0 bridgehead atoms. The molecule has 36 heavy (non-hydrogen) atoms. The van der Waals surface area contributed by atoms with E-state index in [1.807, 2.05) is 45.0 Å². The molecule has 2 aromatic carbocycles. The number of nitrogens with one attached hydrogen (secondary N) is 1. The zero-order chi connectivity index (χ0) is 26.6. The number of amides is 1. The molecule has 0 aromatic heterocycles. The van der Waals surface area contributed by atoms with Gasteiger partial charge in [0.15, 0.2) is 8.32 Å². The lowest BCUT2D eigenvalue weighted by atomic mass is 9.92. The minimum Gasteiger partial charge on any atom is -0.444 e. The highest BCUT2D eigenvalue weighted by molar-refractivity contribution is 6.74. The molecule has 1 N–H and O–H groups in total. The van der Waals surface area contributed by atoms with Crippen molar-refractivity contribution in [2.45, 2.75) is 96.4 Å². The van der Waals surface area contributed by atoms with Crippen LogP contribution in [0, 0.1) is 5.92 Å². The summed E-state index contributed by atoms with van der Waals surface area (Å²) in [6.07, 6.45) is 1.08. The molecule has 1 aliphatic heterocycles. The van der Waals surface area contributed by atoms with E-state index in [0.717, 1.165) is 12.0 Å². The minimum absolute atomic E-state index is 0.0126. The zero-order valence-corrected chi connectivity index (χ0v) is 24.3. The number of hydrogen-bond donors (Lipinski definition) is 1. The van der Waals surface area contributed by atoms with Gasteiger partial charge in [-0.2, -0.15) is 0 Å². The van der Waals surface area contributed by atoms with Gasteiger partial charge < -0.3 is 19.2 Å². The minimum atomic E-state index is -1.91. The van der Waals surface area contributed by atoms with Crippen LogP contribution in [0.5, 0.6) is 0 Å². The van der Waals surface area contributed by atoms with Crippen molar-refractivity contribution in [1.82, 2.24) is 5.32 Å². The van der Waals surface area contributed by atoms with Crippen molar-refractivity contribution >= 4 is 14.4 Å². The second-order valence-corrected chi connectivity index (χ2v) is 17.3. The average Bonchev–Trinajstić information content (AvgIpc) is 3.56. The molecular weight excluding hydrogens is 466 g/mol. The highest BCUT2D eigenvalue weighted by Crippen LogP contribution is 2.40. The number of ether oxygens (including phenoxy) is 2. The first-order valence-electron chi connectivity index (χ1n) is 13.1. The van der Waals surface area contributed by atoms with Gasteiger partial charge in [0.1, 0.15) is 11.7 Å². The third kappa shape index (κ3) is 8.46. The molecule has 2 aromatic rings. The highest BCUT2D eigenvalue weighted by atomic mass is 28.4. The maximum atomic E-state index is 12.7. The third-order valence-corrected chi connectivity index (χ3v) is 11.7. The fourth-order valence-corrected chi connectivity index (χ4v) is 5.20. The van der Waals surface area contributed by atoms with Crippen LogP contribution >= 0.6 is 0 Å². The first-order chi connectivity index (χ1) is 16.7. The number of carbonyl (C=O) groups is 1. The monoisotopic (exact) mass is 511 g/mol. The van der Waals surface area contributed by atoms with Gasteiger partial charge in [0.25, 0.3) is 0 Å². The molecule has 1 saturated heterocycles. The molecule has 0 saturated carbocycles. The van der Waals surface area contributed by atoms with E-state index >= 15 is 0 Å². The lowest BCUT2D eigenvalue weighted by Gasteiger charge is -2.37. The van der Waals surface area contributed by atoms with Gasteiger partial charge in [-0.3, -0.25) is 0 Å². The largest absolute Gasteiger partial charge is 0.444 e. The van der Waals surface area contributed by atoms with Crippen LogP contribution in [-0.2, 0) is 26.7 Å². The van der Waals surface area contributed by atoms with Crippen molar-refractivity contribution in [1.29, 1.82) is 0 Å². The van der Waals surface area contributed by atoms with Gasteiger partial charge in [-0.25, -0.2) is 4.79 Å². The summed E-state index contributed by atoms with van der Waals surface area (Å²) in [6, 6.07) is 20.6. The molecule has 1 aliphatic rings. The lowest BCUT2D eigenvalue weighted by Crippen LogP contribution is -2.45. The quantitative estimate of drug-likeness (QED) is 0.282. The molecule has 1 heterocycles. The van der Waals surface area contributed by atoms with Gasteiger partial charge in [0.05, 0.1) is 12.1 Å². The Balaban J connectivity index is 1.77. The Bertz CT molecular complexity index is 966. The zero-order valence-electron chi connectivity index (χ0n) is 23.3. The van der Waals surface area contributed by atoms with Crippen molar-refractivity contribution in [2.75, 3.05) is 6.61 Å². The first-order valence-corrected chi connectivity index (χ1v) is 16.0. The van der Waals surface area contributed by atoms with Crippen LogP contribution in [0.25, 0.3) is 0 Å². The predicted octanol–water partition coefficient (Wildman–Crippen LogP) is 6.77. The molecule has 0 spiro atoms. The Hall–Kier alpha value is -2.15. The summed E-state index contributed by atoms with van der Waals surface area (Å²) in [4.78, 5) is 12.7. The number of rotatable bonds is 10. The fourth-order valence-electron chi connectivity index (χ4n) is 4.13. The molecule has 1 fully saturated rings. The van der Waals surface area contributed by atoms with Gasteiger partial charge >= 0.3 is 6.09 Å². The molecule has 6 heteroatoms. The van der Waals surface area contributed by atoms with E-state index in [9.17, 15) is 4.79 Å². The third-order valence-electron chi connectivity index (χ3n) is 7.23. The van der Waals surface area contributed by atoms with Crippen molar-refractivity contribution in [2.24, 2.45) is 5.92 Å². The molecule has 198 valence electrons. The number of carbonyl (C=O) groups excluding carboxylic acids is 1. The fraction of sp³-hybridized carbons (Fsp3) is 0.567. The lowest BCUT2D eigenvalue weighted by molar-refractivity contribution is 0.0495.